The van der Waals surface area contributed by atoms with Crippen molar-refractivity contribution in [2.75, 3.05) is 9.80 Å². The summed E-state index contributed by atoms with van der Waals surface area (Å²) in [5.74, 6) is 0. The number of hydrogen-bond acceptors (Lipinski definition) is 2. The minimum atomic E-state index is -0.586. The van der Waals surface area contributed by atoms with Crippen molar-refractivity contribution in [2.24, 2.45) is 0 Å². The largest absolute Gasteiger partial charge is 0.310 e. The van der Waals surface area contributed by atoms with Crippen LogP contribution in [0.1, 0.15) is 22.3 Å². The van der Waals surface area contributed by atoms with Crippen molar-refractivity contribution < 1.29 is 0 Å². The van der Waals surface area contributed by atoms with E-state index >= 15 is 0 Å². The third-order valence-electron chi connectivity index (χ3n) is 14.5. The lowest BCUT2D eigenvalue weighted by Gasteiger charge is -2.33. The Bertz CT molecular complexity index is 3880. The third kappa shape index (κ3) is 5.47. The molecule has 11 aromatic carbocycles. The zero-order valence-electron chi connectivity index (χ0n) is 37.2. The number of nitrogens with zero attached hydrogens (tertiary/aromatic N) is 3. The van der Waals surface area contributed by atoms with Gasteiger partial charge in [-0.2, -0.15) is 0 Å². The third-order valence-corrected chi connectivity index (χ3v) is 14.5. The van der Waals surface area contributed by atoms with Gasteiger partial charge < -0.3 is 14.4 Å². The second kappa shape index (κ2) is 15.1. The van der Waals surface area contributed by atoms with Crippen LogP contribution in [0.2, 0.25) is 0 Å². The number of benzene rings is 11. The molecule has 0 aliphatic heterocycles. The maximum Gasteiger partial charge on any atom is 0.0727 e. The summed E-state index contributed by atoms with van der Waals surface area (Å²) in [5, 5.41) is 4.86. The van der Waals surface area contributed by atoms with Crippen LogP contribution in [0.3, 0.4) is 0 Å². The van der Waals surface area contributed by atoms with Crippen LogP contribution < -0.4 is 9.80 Å². The van der Waals surface area contributed by atoms with Gasteiger partial charge in [0.1, 0.15) is 0 Å². The predicted molar refractivity (Wildman–Crippen MR) is 284 cm³/mol. The van der Waals surface area contributed by atoms with Gasteiger partial charge in [0, 0.05) is 50.2 Å². The smallest absolute Gasteiger partial charge is 0.0727 e. The second-order valence-electron chi connectivity index (χ2n) is 18.0. The van der Waals surface area contributed by atoms with E-state index in [9.17, 15) is 0 Å². The number of para-hydroxylation sites is 4. The number of hydrogen-bond donors (Lipinski definition) is 0. The molecule has 0 fully saturated rings. The summed E-state index contributed by atoms with van der Waals surface area (Å²) in [7, 11) is 0. The molecular weight excluding hydrogens is 823 g/mol. The fraction of sp³-hybridized carbons (Fsp3) is 0.0154. The van der Waals surface area contributed by atoms with Gasteiger partial charge in [0.25, 0.3) is 0 Å². The molecule has 2 aliphatic rings. The number of aromatic nitrogens is 1. The number of fused-ring (bicyclic) bond motifs is 14. The highest BCUT2D eigenvalue weighted by Gasteiger charge is 2.52. The van der Waals surface area contributed by atoms with E-state index in [4.69, 9.17) is 0 Å². The molecule has 14 rings (SSSR count). The SMILES string of the molecule is c1ccc(N(c2ccccc2)c2ccc3c(c2)C2(c4ccccc4-3)c3ccccc3-c3c(N(c4ccc5c6ccccc6n(-c6ccccc6)c5c4)c4cccc5ccccc45)cccc32)cc1. The molecular formula is C65H43N3. The van der Waals surface area contributed by atoms with E-state index in [0.717, 1.165) is 45.3 Å². The summed E-state index contributed by atoms with van der Waals surface area (Å²) >= 11 is 0. The first-order valence-electron chi connectivity index (χ1n) is 23.5. The topological polar surface area (TPSA) is 11.4 Å². The van der Waals surface area contributed by atoms with E-state index < -0.39 is 5.41 Å². The summed E-state index contributed by atoms with van der Waals surface area (Å²) in [5.41, 5.74) is 19.9. The van der Waals surface area contributed by atoms with Gasteiger partial charge >= 0.3 is 0 Å². The quantitative estimate of drug-likeness (QED) is 0.158. The minimum Gasteiger partial charge on any atom is -0.310 e. The van der Waals surface area contributed by atoms with Crippen LogP contribution in [0.5, 0.6) is 0 Å². The van der Waals surface area contributed by atoms with Crippen LogP contribution in [0.4, 0.5) is 34.1 Å². The molecule has 2 aliphatic carbocycles. The first kappa shape index (κ1) is 38.4. The van der Waals surface area contributed by atoms with Crippen LogP contribution in [0, 0.1) is 0 Å². The Kier molecular flexibility index (Phi) is 8.50. The average molecular weight is 866 g/mol. The van der Waals surface area contributed by atoms with Gasteiger partial charge in [-0.25, -0.2) is 0 Å². The van der Waals surface area contributed by atoms with Crippen molar-refractivity contribution in [3.63, 3.8) is 0 Å². The highest BCUT2D eigenvalue weighted by Crippen LogP contribution is 2.65. The first-order chi connectivity index (χ1) is 33.8. The standard InChI is InChI=1S/C65H43N3/c1-4-22-45(23-5-1)66(46-24-6-2-7-25-46)48-38-40-52-51-29-12-15-32-56(51)65(59(52)42-48)57-33-16-13-31-55(57)64-58(65)34-19-37-62(64)68(60-36-18-21-44-20-10-11-28-50(44)60)49-39-41-54-53-30-14-17-35-61(53)67(63(54)43-49)47-26-8-3-9-27-47/h1-43H. The van der Waals surface area contributed by atoms with E-state index in [1.54, 1.807) is 0 Å². The fourth-order valence-electron chi connectivity index (χ4n) is 11.8. The molecule has 0 amide bonds. The molecule has 12 aromatic rings. The molecule has 1 heterocycles. The number of anilines is 6. The molecule has 1 atom stereocenters. The fourth-order valence-corrected chi connectivity index (χ4v) is 11.8. The second-order valence-corrected chi connectivity index (χ2v) is 18.0. The van der Waals surface area contributed by atoms with Crippen molar-refractivity contribution >= 4 is 66.7 Å². The molecule has 3 heteroatoms. The van der Waals surface area contributed by atoms with Gasteiger partial charge in [0.2, 0.25) is 0 Å². The Morgan fingerprint density at radius 1 is 0.294 bits per heavy atom. The highest BCUT2D eigenvalue weighted by atomic mass is 15.2. The van der Waals surface area contributed by atoms with Crippen LogP contribution in [0.25, 0.3) is 60.5 Å². The average Bonchev–Trinajstić information content (AvgIpc) is 4.01. The Balaban J connectivity index is 1.06. The predicted octanol–water partition coefficient (Wildman–Crippen LogP) is 17.2. The zero-order chi connectivity index (χ0) is 44.8. The maximum absolute atomic E-state index is 2.54. The van der Waals surface area contributed by atoms with Gasteiger partial charge in [0.15, 0.2) is 0 Å². The summed E-state index contributed by atoms with van der Waals surface area (Å²) in [6.07, 6.45) is 0. The van der Waals surface area contributed by atoms with E-state index in [1.807, 2.05) is 0 Å². The van der Waals surface area contributed by atoms with Crippen LogP contribution in [-0.4, -0.2) is 4.57 Å². The van der Waals surface area contributed by atoms with Gasteiger partial charge in [0.05, 0.1) is 27.8 Å². The number of rotatable bonds is 7. The Labute approximate surface area is 395 Å². The molecule has 3 nitrogen and oxygen atoms in total. The van der Waals surface area contributed by atoms with Crippen molar-refractivity contribution in [3.05, 3.63) is 283 Å². The van der Waals surface area contributed by atoms with Crippen LogP contribution in [0.15, 0.2) is 261 Å². The van der Waals surface area contributed by atoms with Gasteiger partial charge in [-0.1, -0.05) is 182 Å². The Hall–Kier alpha value is -8.92. The lowest BCUT2D eigenvalue weighted by atomic mass is 9.70. The normalized spacial score (nSPS) is 14.2. The first-order valence-corrected chi connectivity index (χ1v) is 23.5. The van der Waals surface area contributed by atoms with Crippen molar-refractivity contribution in [1.29, 1.82) is 0 Å². The van der Waals surface area contributed by atoms with Crippen LogP contribution >= 0.6 is 0 Å². The van der Waals surface area contributed by atoms with Gasteiger partial charge in [-0.05, 0) is 123 Å². The van der Waals surface area contributed by atoms with Crippen molar-refractivity contribution in [1.82, 2.24) is 4.57 Å². The molecule has 1 spiro atoms. The molecule has 1 aromatic heterocycles. The van der Waals surface area contributed by atoms with E-state index in [1.165, 1.54) is 71.6 Å². The highest BCUT2D eigenvalue weighted by molar-refractivity contribution is 6.12. The van der Waals surface area contributed by atoms with E-state index in [-0.39, 0.29) is 0 Å². The van der Waals surface area contributed by atoms with Crippen LogP contribution in [-0.2, 0) is 5.41 Å². The van der Waals surface area contributed by atoms with Gasteiger partial charge in [-0.15, -0.1) is 0 Å². The molecule has 1 unspecified atom stereocenters. The summed E-state index contributed by atoms with van der Waals surface area (Å²) < 4.78 is 2.42. The van der Waals surface area contributed by atoms with Gasteiger partial charge in [-0.3, -0.25) is 0 Å². The monoisotopic (exact) mass is 865 g/mol. The maximum atomic E-state index is 2.54. The zero-order valence-corrected chi connectivity index (χ0v) is 37.2. The lowest BCUT2D eigenvalue weighted by Crippen LogP contribution is -2.26. The Morgan fingerprint density at radius 3 is 1.60 bits per heavy atom. The van der Waals surface area contributed by atoms with E-state index in [2.05, 4.69) is 275 Å². The molecule has 0 N–H and O–H groups in total. The summed E-state index contributed by atoms with van der Waals surface area (Å²) in [6.45, 7) is 0. The molecule has 0 saturated heterocycles. The molecule has 318 valence electrons. The molecule has 68 heavy (non-hydrogen) atoms. The lowest BCUT2D eigenvalue weighted by molar-refractivity contribution is 0.793. The van der Waals surface area contributed by atoms with E-state index in [0.29, 0.717) is 0 Å². The van der Waals surface area contributed by atoms with Crippen molar-refractivity contribution in [3.8, 4) is 27.9 Å². The Morgan fingerprint density at radius 2 is 0.824 bits per heavy atom. The van der Waals surface area contributed by atoms with Crippen molar-refractivity contribution in [2.45, 2.75) is 5.41 Å². The molecule has 0 bridgehead atoms. The molecule has 0 radical (unpaired) electrons. The minimum absolute atomic E-state index is 0.586. The summed E-state index contributed by atoms with van der Waals surface area (Å²) in [4.78, 5) is 4.93. The molecule has 0 saturated carbocycles. The summed E-state index contributed by atoms with van der Waals surface area (Å²) in [6, 6.07) is 96.2.